The maximum absolute atomic E-state index is 12.1. The van der Waals surface area contributed by atoms with Gasteiger partial charge in [-0.05, 0) is 30.5 Å². The standard InChI is InChI=1S/C19H23N3O3S/c1-25-16-8-4-5-13(9-16)11-20-17(23)10-15-12-26-19(21-15)22-18(24)14-6-2-3-7-14/h4-5,8-9,12,14H,2-3,6-7,10-11H2,1H3,(H,20,23)(H,21,22,24). The summed E-state index contributed by atoms with van der Waals surface area (Å²) in [6, 6.07) is 7.57. The fraction of sp³-hybridized carbons (Fsp3) is 0.421. The van der Waals surface area contributed by atoms with Crippen LogP contribution in [0, 0.1) is 5.92 Å². The molecule has 0 aliphatic heterocycles. The van der Waals surface area contributed by atoms with E-state index in [0.717, 1.165) is 37.0 Å². The Morgan fingerprint density at radius 2 is 2.12 bits per heavy atom. The van der Waals surface area contributed by atoms with Gasteiger partial charge in [-0.25, -0.2) is 4.98 Å². The number of nitrogens with one attached hydrogen (secondary N) is 2. The van der Waals surface area contributed by atoms with E-state index in [2.05, 4.69) is 15.6 Å². The predicted molar refractivity (Wildman–Crippen MR) is 101 cm³/mol. The third kappa shape index (κ3) is 5.05. The zero-order chi connectivity index (χ0) is 18.4. The van der Waals surface area contributed by atoms with Crippen molar-refractivity contribution < 1.29 is 14.3 Å². The number of methoxy groups -OCH3 is 1. The third-order valence-electron chi connectivity index (χ3n) is 4.47. The van der Waals surface area contributed by atoms with Crippen LogP contribution in [0.4, 0.5) is 5.13 Å². The highest BCUT2D eigenvalue weighted by Gasteiger charge is 2.23. The number of carbonyl (C=O) groups excluding carboxylic acids is 2. The Balaban J connectivity index is 1.47. The van der Waals surface area contributed by atoms with Gasteiger partial charge >= 0.3 is 0 Å². The van der Waals surface area contributed by atoms with Crippen LogP contribution in [-0.4, -0.2) is 23.9 Å². The molecule has 138 valence electrons. The number of rotatable bonds is 7. The predicted octanol–water partition coefficient (Wildman–Crippen LogP) is 3.14. The first-order valence-corrected chi connectivity index (χ1v) is 9.67. The second kappa shape index (κ2) is 8.80. The van der Waals surface area contributed by atoms with Gasteiger partial charge < -0.3 is 15.4 Å². The maximum Gasteiger partial charge on any atom is 0.229 e. The maximum atomic E-state index is 12.1. The van der Waals surface area contributed by atoms with Gasteiger partial charge in [0.05, 0.1) is 19.2 Å². The molecule has 6 nitrogen and oxygen atoms in total. The number of anilines is 1. The summed E-state index contributed by atoms with van der Waals surface area (Å²) in [6.07, 6.45) is 4.34. The highest BCUT2D eigenvalue weighted by molar-refractivity contribution is 7.13. The van der Waals surface area contributed by atoms with Crippen LogP contribution in [0.3, 0.4) is 0 Å². The molecule has 1 heterocycles. The van der Waals surface area contributed by atoms with Crippen molar-refractivity contribution in [3.05, 3.63) is 40.9 Å². The fourth-order valence-electron chi connectivity index (χ4n) is 3.05. The van der Waals surface area contributed by atoms with Crippen molar-refractivity contribution in [1.82, 2.24) is 10.3 Å². The van der Waals surface area contributed by atoms with Crippen LogP contribution in [0.5, 0.6) is 5.75 Å². The lowest BCUT2D eigenvalue weighted by atomic mass is 10.1. The number of benzene rings is 1. The van der Waals surface area contributed by atoms with Crippen LogP contribution < -0.4 is 15.4 Å². The van der Waals surface area contributed by atoms with Gasteiger partial charge in [0, 0.05) is 17.8 Å². The Hall–Kier alpha value is -2.41. The first-order valence-electron chi connectivity index (χ1n) is 8.79. The molecular formula is C19H23N3O3S. The van der Waals surface area contributed by atoms with Crippen molar-refractivity contribution in [2.45, 2.75) is 38.6 Å². The molecule has 3 rings (SSSR count). The van der Waals surface area contributed by atoms with Crippen LogP contribution in [0.1, 0.15) is 36.9 Å². The molecule has 26 heavy (non-hydrogen) atoms. The zero-order valence-electron chi connectivity index (χ0n) is 14.8. The molecule has 1 fully saturated rings. The molecule has 0 radical (unpaired) electrons. The Kier molecular flexibility index (Phi) is 6.22. The van der Waals surface area contributed by atoms with E-state index in [1.165, 1.54) is 11.3 Å². The molecule has 1 saturated carbocycles. The number of nitrogens with zero attached hydrogens (tertiary/aromatic N) is 1. The van der Waals surface area contributed by atoms with Crippen molar-refractivity contribution in [3.8, 4) is 5.75 Å². The lowest BCUT2D eigenvalue weighted by Crippen LogP contribution is -2.24. The van der Waals surface area contributed by atoms with E-state index < -0.39 is 0 Å². The first kappa shape index (κ1) is 18.4. The van der Waals surface area contributed by atoms with E-state index in [4.69, 9.17) is 4.74 Å². The summed E-state index contributed by atoms with van der Waals surface area (Å²) in [5.41, 5.74) is 1.64. The monoisotopic (exact) mass is 373 g/mol. The summed E-state index contributed by atoms with van der Waals surface area (Å²) in [5, 5.41) is 8.13. The Morgan fingerprint density at radius 3 is 2.88 bits per heavy atom. The summed E-state index contributed by atoms with van der Waals surface area (Å²) < 4.78 is 5.17. The molecule has 0 saturated heterocycles. The summed E-state index contributed by atoms with van der Waals surface area (Å²) >= 11 is 1.36. The van der Waals surface area contributed by atoms with Gasteiger partial charge in [-0.1, -0.05) is 25.0 Å². The van der Waals surface area contributed by atoms with Crippen molar-refractivity contribution >= 4 is 28.3 Å². The minimum absolute atomic E-state index is 0.0471. The zero-order valence-corrected chi connectivity index (χ0v) is 15.6. The molecule has 1 aliphatic carbocycles. The van der Waals surface area contributed by atoms with Crippen LogP contribution in [-0.2, 0) is 22.6 Å². The molecule has 0 unspecified atom stereocenters. The summed E-state index contributed by atoms with van der Waals surface area (Å²) in [5.74, 6) is 0.810. The summed E-state index contributed by atoms with van der Waals surface area (Å²) in [6.45, 7) is 0.436. The molecule has 1 aromatic carbocycles. The van der Waals surface area contributed by atoms with E-state index in [9.17, 15) is 9.59 Å². The Labute approximate surface area is 157 Å². The Bertz CT molecular complexity index is 769. The normalized spacial score (nSPS) is 14.2. The van der Waals surface area contributed by atoms with E-state index in [1.807, 2.05) is 29.6 Å². The smallest absolute Gasteiger partial charge is 0.229 e. The minimum atomic E-state index is -0.105. The van der Waals surface area contributed by atoms with Crippen molar-refractivity contribution in [1.29, 1.82) is 0 Å². The molecule has 2 aromatic rings. The second-order valence-corrected chi connectivity index (χ2v) is 7.28. The lowest BCUT2D eigenvalue weighted by Gasteiger charge is -2.07. The minimum Gasteiger partial charge on any atom is -0.497 e. The largest absolute Gasteiger partial charge is 0.497 e. The number of aromatic nitrogens is 1. The van der Waals surface area contributed by atoms with E-state index >= 15 is 0 Å². The quantitative estimate of drug-likeness (QED) is 0.781. The highest BCUT2D eigenvalue weighted by Crippen LogP contribution is 2.26. The average Bonchev–Trinajstić information content (AvgIpc) is 3.32. The average molecular weight is 373 g/mol. The molecule has 2 N–H and O–H groups in total. The topological polar surface area (TPSA) is 80.3 Å². The number of carbonyl (C=O) groups is 2. The van der Waals surface area contributed by atoms with Crippen LogP contribution >= 0.6 is 11.3 Å². The molecule has 7 heteroatoms. The van der Waals surface area contributed by atoms with Crippen molar-refractivity contribution in [2.24, 2.45) is 5.92 Å². The van der Waals surface area contributed by atoms with E-state index in [-0.39, 0.29) is 24.2 Å². The van der Waals surface area contributed by atoms with Crippen LogP contribution in [0.25, 0.3) is 0 Å². The van der Waals surface area contributed by atoms with E-state index in [0.29, 0.717) is 17.4 Å². The number of ether oxygens (including phenoxy) is 1. The molecule has 1 aromatic heterocycles. The van der Waals surface area contributed by atoms with Crippen LogP contribution in [0.2, 0.25) is 0 Å². The second-order valence-electron chi connectivity index (χ2n) is 6.42. The number of amides is 2. The summed E-state index contributed by atoms with van der Waals surface area (Å²) in [4.78, 5) is 28.6. The van der Waals surface area contributed by atoms with Gasteiger partial charge in [-0.3, -0.25) is 9.59 Å². The molecule has 0 bridgehead atoms. The van der Waals surface area contributed by atoms with Crippen molar-refractivity contribution in [3.63, 3.8) is 0 Å². The van der Waals surface area contributed by atoms with Gasteiger partial charge in [0.2, 0.25) is 11.8 Å². The number of thiazole rings is 1. The third-order valence-corrected chi connectivity index (χ3v) is 5.28. The van der Waals surface area contributed by atoms with Crippen LogP contribution in [0.15, 0.2) is 29.6 Å². The molecular weight excluding hydrogens is 350 g/mol. The fourth-order valence-corrected chi connectivity index (χ4v) is 3.76. The van der Waals surface area contributed by atoms with Gasteiger partial charge in [0.25, 0.3) is 0 Å². The van der Waals surface area contributed by atoms with Gasteiger partial charge in [-0.2, -0.15) is 0 Å². The van der Waals surface area contributed by atoms with Gasteiger partial charge in [-0.15, -0.1) is 11.3 Å². The van der Waals surface area contributed by atoms with Crippen molar-refractivity contribution in [2.75, 3.05) is 12.4 Å². The van der Waals surface area contributed by atoms with E-state index in [1.54, 1.807) is 7.11 Å². The SMILES string of the molecule is COc1cccc(CNC(=O)Cc2csc(NC(=O)C3CCCC3)n2)c1. The molecule has 2 amide bonds. The van der Waals surface area contributed by atoms with Gasteiger partial charge in [0.15, 0.2) is 5.13 Å². The lowest BCUT2D eigenvalue weighted by molar-refractivity contribution is -0.121. The number of hydrogen-bond donors (Lipinski definition) is 2. The molecule has 0 atom stereocenters. The molecule has 0 spiro atoms. The van der Waals surface area contributed by atoms with Gasteiger partial charge in [0.1, 0.15) is 5.75 Å². The first-order chi connectivity index (χ1) is 12.6. The Morgan fingerprint density at radius 1 is 1.31 bits per heavy atom. The molecule has 1 aliphatic rings. The highest BCUT2D eigenvalue weighted by atomic mass is 32.1. The number of hydrogen-bond acceptors (Lipinski definition) is 5. The summed E-state index contributed by atoms with van der Waals surface area (Å²) in [7, 11) is 1.61.